The van der Waals surface area contributed by atoms with Crippen LogP contribution in [-0.4, -0.2) is 90.9 Å². The number of ether oxygens (including phenoxy) is 1. The molecule has 0 aromatic heterocycles. The van der Waals surface area contributed by atoms with Crippen LogP contribution in [0, 0.1) is 0 Å². The van der Waals surface area contributed by atoms with Gasteiger partial charge in [-0.3, -0.25) is 0 Å². The van der Waals surface area contributed by atoms with E-state index in [-0.39, 0.29) is 19.8 Å². The quantitative estimate of drug-likeness (QED) is 0.152. The molecule has 0 aromatic carbocycles. The molecular weight excluding hydrogens is 429 g/mol. The molecule has 28 heavy (non-hydrogen) atoms. The lowest BCUT2D eigenvalue weighted by atomic mass is 10.5. The Hall–Kier alpha value is 1.11. The van der Waals surface area contributed by atoms with Crippen molar-refractivity contribution in [1.29, 1.82) is 0 Å². The summed E-state index contributed by atoms with van der Waals surface area (Å²) in [5, 5.41) is 27.0. The number of aliphatic hydroxyl groups excluding tert-OH is 3. The van der Waals surface area contributed by atoms with E-state index in [1.165, 1.54) is 67.1 Å². The smallest absolute Gasteiger partial charge is 0.0537 e. The summed E-state index contributed by atoms with van der Waals surface area (Å²) in [7, 11) is -1.33. The molecule has 0 radical (unpaired) electrons. The summed E-state index contributed by atoms with van der Waals surface area (Å²) >= 11 is 5.64. The first-order chi connectivity index (χ1) is 13.7. The second-order valence-corrected chi connectivity index (χ2v) is 15.8. The van der Waals surface area contributed by atoms with Crippen molar-refractivity contribution in [2.75, 3.05) is 67.6 Å². The molecule has 3 N–H and O–H groups in total. The highest BCUT2D eigenvalue weighted by atomic mass is 32.2. The standard InChI is InChI=1S/C20H44O4S3Si/c1-2-24-10-3-17-28(18-4-11-25-14-7-21,19-5-12-26-15-8-22)20-6-13-27-16-9-23/h21-23H,2-20H2,1H3. The molecule has 0 amide bonds. The molecule has 170 valence electrons. The SMILES string of the molecule is CCOCCC[Si](CCCSCCO)(CCCSCCO)CCCSCCO. The predicted octanol–water partition coefficient (Wildman–Crippen LogP) is 4.21. The molecule has 4 nitrogen and oxygen atoms in total. The van der Waals surface area contributed by atoms with Gasteiger partial charge in [-0.1, -0.05) is 24.2 Å². The molecule has 0 aromatic rings. The number of thioether (sulfide) groups is 3. The van der Waals surface area contributed by atoms with Crippen LogP contribution in [0.25, 0.3) is 0 Å². The number of aliphatic hydroxyl groups is 3. The second-order valence-electron chi connectivity index (χ2n) is 7.12. The Labute approximate surface area is 187 Å². The van der Waals surface area contributed by atoms with Crippen LogP contribution >= 0.6 is 35.3 Å². The van der Waals surface area contributed by atoms with Crippen LogP contribution in [0.1, 0.15) is 32.6 Å². The average molecular weight is 473 g/mol. The molecule has 0 fully saturated rings. The minimum Gasteiger partial charge on any atom is -0.396 e. The first-order valence-corrected chi connectivity index (χ1v) is 17.2. The Morgan fingerprint density at radius 2 is 1.00 bits per heavy atom. The maximum absolute atomic E-state index is 9.00. The highest BCUT2D eigenvalue weighted by Gasteiger charge is 2.30. The maximum Gasteiger partial charge on any atom is 0.0537 e. The van der Waals surface area contributed by atoms with Gasteiger partial charge < -0.3 is 20.1 Å². The van der Waals surface area contributed by atoms with Gasteiger partial charge >= 0.3 is 0 Å². The predicted molar refractivity (Wildman–Crippen MR) is 133 cm³/mol. The van der Waals surface area contributed by atoms with Gasteiger partial charge in [-0.2, -0.15) is 35.3 Å². The van der Waals surface area contributed by atoms with Crippen LogP contribution in [0.3, 0.4) is 0 Å². The van der Waals surface area contributed by atoms with E-state index in [0.29, 0.717) is 0 Å². The summed E-state index contributed by atoms with van der Waals surface area (Å²) in [4.78, 5) is 0. The zero-order valence-corrected chi connectivity index (χ0v) is 21.4. The van der Waals surface area contributed by atoms with Gasteiger partial charge in [-0.15, -0.1) is 0 Å². The minimum atomic E-state index is -1.33. The molecule has 0 spiro atoms. The lowest BCUT2D eigenvalue weighted by molar-refractivity contribution is 0.148. The molecule has 0 saturated carbocycles. The van der Waals surface area contributed by atoms with Crippen molar-refractivity contribution in [2.45, 2.75) is 56.8 Å². The van der Waals surface area contributed by atoms with Crippen LogP contribution < -0.4 is 0 Å². The molecule has 0 aliphatic rings. The third-order valence-electron chi connectivity index (χ3n) is 4.89. The molecule has 0 unspecified atom stereocenters. The van der Waals surface area contributed by atoms with Crippen molar-refractivity contribution in [3.8, 4) is 0 Å². The van der Waals surface area contributed by atoms with Crippen LogP contribution in [0.2, 0.25) is 24.2 Å². The van der Waals surface area contributed by atoms with Crippen LogP contribution in [0.5, 0.6) is 0 Å². The monoisotopic (exact) mass is 472 g/mol. The van der Waals surface area contributed by atoms with E-state index in [4.69, 9.17) is 20.1 Å². The molecule has 0 aliphatic carbocycles. The summed E-state index contributed by atoms with van der Waals surface area (Å²) in [5.74, 6) is 6.06. The molecule has 0 atom stereocenters. The Morgan fingerprint density at radius 3 is 1.36 bits per heavy atom. The van der Waals surface area contributed by atoms with E-state index in [0.717, 1.165) is 30.5 Å². The van der Waals surface area contributed by atoms with Crippen LogP contribution in [0.15, 0.2) is 0 Å². The number of rotatable bonds is 23. The van der Waals surface area contributed by atoms with Crippen LogP contribution in [0.4, 0.5) is 0 Å². The highest BCUT2D eigenvalue weighted by Crippen LogP contribution is 2.33. The zero-order chi connectivity index (χ0) is 20.8. The molecular formula is C20H44O4S3Si. The molecule has 0 saturated heterocycles. The maximum atomic E-state index is 9.00. The lowest BCUT2D eigenvalue weighted by Gasteiger charge is -2.33. The topological polar surface area (TPSA) is 69.9 Å². The fraction of sp³-hybridized carbons (Fsp3) is 1.00. The summed E-state index contributed by atoms with van der Waals surface area (Å²) < 4.78 is 5.63. The van der Waals surface area contributed by atoms with E-state index in [1.54, 1.807) is 0 Å². The van der Waals surface area contributed by atoms with Gasteiger partial charge in [-0.25, -0.2) is 0 Å². The molecule has 0 bridgehead atoms. The largest absolute Gasteiger partial charge is 0.396 e. The summed E-state index contributed by atoms with van der Waals surface area (Å²) in [6.07, 6.45) is 5.02. The van der Waals surface area contributed by atoms with Gasteiger partial charge in [0, 0.05) is 30.5 Å². The first kappa shape index (κ1) is 29.1. The van der Waals surface area contributed by atoms with Gasteiger partial charge in [0.15, 0.2) is 0 Å². The third-order valence-corrected chi connectivity index (χ3v) is 13.7. The van der Waals surface area contributed by atoms with Crippen molar-refractivity contribution in [3.05, 3.63) is 0 Å². The molecule has 0 heterocycles. The van der Waals surface area contributed by atoms with Crippen molar-refractivity contribution in [3.63, 3.8) is 0 Å². The van der Waals surface area contributed by atoms with Crippen molar-refractivity contribution in [1.82, 2.24) is 0 Å². The van der Waals surface area contributed by atoms with Crippen molar-refractivity contribution < 1.29 is 20.1 Å². The van der Waals surface area contributed by atoms with E-state index in [2.05, 4.69) is 6.92 Å². The van der Waals surface area contributed by atoms with Gasteiger partial charge in [0.2, 0.25) is 0 Å². The molecule has 0 rings (SSSR count). The lowest BCUT2D eigenvalue weighted by Crippen LogP contribution is -2.35. The second kappa shape index (κ2) is 22.8. The van der Waals surface area contributed by atoms with Gasteiger partial charge in [0.1, 0.15) is 0 Å². The Balaban J connectivity index is 4.66. The Morgan fingerprint density at radius 1 is 0.607 bits per heavy atom. The fourth-order valence-electron chi connectivity index (χ4n) is 3.59. The average Bonchev–Trinajstić information content (AvgIpc) is 2.70. The molecule has 0 aliphatic heterocycles. The normalized spacial score (nSPS) is 12.0. The number of hydrogen-bond donors (Lipinski definition) is 3. The van der Waals surface area contributed by atoms with Crippen molar-refractivity contribution in [2.24, 2.45) is 0 Å². The summed E-state index contributed by atoms with van der Waals surface area (Å²) in [6.45, 7) is 4.62. The van der Waals surface area contributed by atoms with E-state index in [1.807, 2.05) is 35.3 Å². The Bertz CT molecular complexity index is 279. The van der Waals surface area contributed by atoms with Gasteiger partial charge in [0.05, 0.1) is 27.9 Å². The molecule has 8 heteroatoms. The minimum absolute atomic E-state index is 0.283. The summed E-state index contributed by atoms with van der Waals surface area (Å²) in [5.41, 5.74) is 0. The zero-order valence-electron chi connectivity index (χ0n) is 17.9. The van der Waals surface area contributed by atoms with E-state index >= 15 is 0 Å². The fourth-order valence-corrected chi connectivity index (χ4v) is 11.6. The summed E-state index contributed by atoms with van der Waals surface area (Å²) in [6, 6.07) is 5.56. The van der Waals surface area contributed by atoms with Crippen LogP contribution in [-0.2, 0) is 4.74 Å². The third kappa shape index (κ3) is 17.9. The van der Waals surface area contributed by atoms with E-state index in [9.17, 15) is 0 Å². The van der Waals surface area contributed by atoms with Crippen molar-refractivity contribution >= 4 is 43.4 Å². The highest BCUT2D eigenvalue weighted by molar-refractivity contribution is 7.99. The van der Waals surface area contributed by atoms with E-state index < -0.39 is 8.07 Å². The first-order valence-electron chi connectivity index (χ1n) is 10.9. The van der Waals surface area contributed by atoms with Gasteiger partial charge in [0.25, 0.3) is 0 Å². The number of hydrogen-bond acceptors (Lipinski definition) is 7. The Kier molecular flexibility index (Phi) is 23.7. The van der Waals surface area contributed by atoms with Gasteiger partial charge in [-0.05, 0) is 49.9 Å².